The zero-order valence-electron chi connectivity index (χ0n) is 6.61. The lowest BCUT2D eigenvalue weighted by molar-refractivity contribution is 0.0590. The number of rotatable bonds is 1. The lowest BCUT2D eigenvalue weighted by atomic mass is 10.3. The fraction of sp³-hybridized carbons (Fsp3) is 0.167. The van der Waals surface area contributed by atoms with Crippen LogP contribution >= 0.6 is 11.6 Å². The number of methoxy groups -OCH3 is 1. The molecule has 3 N–H and O–H groups in total. The Balaban J connectivity index is 3.28. The number of halogens is 1. The molecule has 0 atom stereocenters. The van der Waals surface area contributed by atoms with Crippen molar-refractivity contribution in [3.05, 3.63) is 11.0 Å². The topological polar surface area (TPSA) is 98.3 Å². The molecule has 0 fully saturated rings. The number of carbonyl (C=O) groups excluding carboxylic acids is 1. The van der Waals surface area contributed by atoms with Gasteiger partial charge in [-0.05, 0) is 11.6 Å². The monoisotopic (exact) mass is 203 g/mol. The summed E-state index contributed by atoms with van der Waals surface area (Å²) in [5.41, 5.74) is 4.87. The molecule has 0 aliphatic carbocycles. The molecule has 0 unspecified atom stereocenters. The smallest absolute Gasteiger partial charge is 0.360 e. The van der Waals surface area contributed by atoms with E-state index in [2.05, 4.69) is 14.7 Å². The van der Waals surface area contributed by atoms with Gasteiger partial charge < -0.3 is 15.6 Å². The van der Waals surface area contributed by atoms with Crippen LogP contribution in [0.1, 0.15) is 10.5 Å². The summed E-state index contributed by atoms with van der Waals surface area (Å²) < 4.78 is 4.32. The third-order valence-corrected chi connectivity index (χ3v) is 1.43. The van der Waals surface area contributed by atoms with Gasteiger partial charge >= 0.3 is 5.97 Å². The molecule has 0 saturated heterocycles. The van der Waals surface area contributed by atoms with Crippen LogP contribution in [0.2, 0.25) is 5.28 Å². The molecule has 70 valence electrons. The second-order valence-electron chi connectivity index (χ2n) is 2.07. The van der Waals surface area contributed by atoms with E-state index < -0.39 is 11.7 Å². The zero-order valence-corrected chi connectivity index (χ0v) is 7.37. The first-order valence-corrected chi connectivity index (χ1v) is 3.54. The Labute approximate surface area is 78.3 Å². The molecule has 1 heterocycles. The summed E-state index contributed by atoms with van der Waals surface area (Å²) in [6, 6.07) is 0. The second kappa shape index (κ2) is 3.44. The number of esters is 1. The fourth-order valence-electron chi connectivity index (χ4n) is 0.683. The van der Waals surface area contributed by atoms with E-state index in [1.807, 2.05) is 0 Å². The van der Waals surface area contributed by atoms with Crippen LogP contribution in [-0.4, -0.2) is 28.2 Å². The highest BCUT2D eigenvalue weighted by atomic mass is 35.5. The van der Waals surface area contributed by atoms with Crippen LogP contribution in [0.5, 0.6) is 5.75 Å². The zero-order chi connectivity index (χ0) is 10.0. The number of aromatic nitrogens is 2. The Morgan fingerprint density at radius 1 is 1.62 bits per heavy atom. The van der Waals surface area contributed by atoms with Gasteiger partial charge in [-0.25, -0.2) is 9.78 Å². The first kappa shape index (κ1) is 9.53. The van der Waals surface area contributed by atoms with Crippen molar-refractivity contribution in [3.63, 3.8) is 0 Å². The Morgan fingerprint density at radius 3 is 2.77 bits per heavy atom. The molecular formula is C6H6ClN3O3. The number of nitrogens with zero attached hydrogens (tertiary/aromatic N) is 2. The van der Waals surface area contributed by atoms with Crippen LogP contribution in [-0.2, 0) is 4.74 Å². The summed E-state index contributed by atoms with van der Waals surface area (Å²) in [4.78, 5) is 17.8. The Morgan fingerprint density at radius 2 is 2.23 bits per heavy atom. The highest BCUT2D eigenvalue weighted by Crippen LogP contribution is 2.23. The molecule has 6 nitrogen and oxygen atoms in total. The molecule has 1 aromatic heterocycles. The van der Waals surface area contributed by atoms with Crippen molar-refractivity contribution >= 4 is 23.4 Å². The largest absolute Gasteiger partial charge is 0.503 e. The van der Waals surface area contributed by atoms with Crippen molar-refractivity contribution in [3.8, 4) is 5.75 Å². The van der Waals surface area contributed by atoms with Crippen LogP contribution in [0, 0.1) is 0 Å². The average molecular weight is 204 g/mol. The van der Waals surface area contributed by atoms with Gasteiger partial charge in [0.25, 0.3) is 0 Å². The third-order valence-electron chi connectivity index (χ3n) is 1.26. The van der Waals surface area contributed by atoms with E-state index >= 15 is 0 Å². The Bertz CT molecular complexity index is 355. The predicted molar refractivity (Wildman–Crippen MR) is 44.5 cm³/mol. The molecular weight excluding hydrogens is 198 g/mol. The third kappa shape index (κ3) is 1.78. The van der Waals surface area contributed by atoms with E-state index in [1.54, 1.807) is 0 Å². The normalized spacial score (nSPS) is 9.69. The molecule has 0 spiro atoms. The quantitative estimate of drug-likeness (QED) is 0.500. The van der Waals surface area contributed by atoms with Crippen molar-refractivity contribution in [2.75, 3.05) is 12.8 Å². The van der Waals surface area contributed by atoms with Crippen molar-refractivity contribution < 1.29 is 14.6 Å². The molecule has 13 heavy (non-hydrogen) atoms. The molecule has 0 radical (unpaired) electrons. The lowest BCUT2D eigenvalue weighted by Crippen LogP contribution is -2.07. The SMILES string of the molecule is COC(=O)c1nc(Cl)nc(N)c1O. The lowest BCUT2D eigenvalue weighted by Gasteiger charge is -2.03. The summed E-state index contributed by atoms with van der Waals surface area (Å²) >= 11 is 5.40. The maximum absolute atomic E-state index is 11.0. The average Bonchev–Trinajstić information content (AvgIpc) is 2.10. The fourth-order valence-corrected chi connectivity index (χ4v) is 0.858. The van der Waals surface area contributed by atoms with E-state index in [0.717, 1.165) is 7.11 Å². The summed E-state index contributed by atoms with van der Waals surface area (Å²) in [7, 11) is 1.15. The van der Waals surface area contributed by atoms with Gasteiger partial charge in [-0.2, -0.15) is 4.98 Å². The molecule has 1 rings (SSSR count). The predicted octanol–water partition coefficient (Wildman–Crippen LogP) is 0.204. The van der Waals surface area contributed by atoms with Gasteiger partial charge in [0.05, 0.1) is 7.11 Å². The minimum Gasteiger partial charge on any atom is -0.503 e. The minimum absolute atomic E-state index is 0.226. The second-order valence-corrected chi connectivity index (χ2v) is 2.40. The highest BCUT2D eigenvalue weighted by molar-refractivity contribution is 6.28. The number of hydrogen-bond donors (Lipinski definition) is 2. The van der Waals surface area contributed by atoms with Gasteiger partial charge in [-0.3, -0.25) is 0 Å². The Kier molecular flexibility index (Phi) is 2.52. The number of nitrogens with two attached hydrogens (primary N) is 1. The standard InChI is InChI=1S/C6H6ClN3O3/c1-13-5(12)2-3(11)4(8)10-6(7)9-2/h11H,1H3,(H2,8,9,10). The molecule has 1 aromatic rings. The summed E-state index contributed by atoms with van der Waals surface area (Å²) in [5.74, 6) is -1.62. The van der Waals surface area contributed by atoms with Crippen molar-refractivity contribution in [1.82, 2.24) is 9.97 Å². The van der Waals surface area contributed by atoms with E-state index in [-0.39, 0.29) is 16.8 Å². The number of ether oxygens (including phenoxy) is 1. The van der Waals surface area contributed by atoms with Crippen LogP contribution in [0.15, 0.2) is 0 Å². The van der Waals surface area contributed by atoms with Crippen LogP contribution < -0.4 is 5.73 Å². The first-order valence-electron chi connectivity index (χ1n) is 3.16. The summed E-state index contributed by atoms with van der Waals surface area (Å²) in [6.45, 7) is 0. The molecule has 0 aliphatic rings. The van der Waals surface area contributed by atoms with Gasteiger partial charge in [0.1, 0.15) is 0 Å². The van der Waals surface area contributed by atoms with Crippen molar-refractivity contribution in [2.24, 2.45) is 0 Å². The minimum atomic E-state index is -0.825. The van der Waals surface area contributed by atoms with Crippen molar-refractivity contribution in [2.45, 2.75) is 0 Å². The van der Waals surface area contributed by atoms with E-state index in [9.17, 15) is 9.90 Å². The molecule has 0 aromatic carbocycles. The number of aromatic hydroxyl groups is 1. The van der Waals surface area contributed by atoms with Crippen LogP contribution in [0.4, 0.5) is 5.82 Å². The van der Waals surface area contributed by atoms with Gasteiger partial charge in [-0.15, -0.1) is 0 Å². The van der Waals surface area contributed by atoms with E-state index in [0.29, 0.717) is 0 Å². The summed E-state index contributed by atoms with van der Waals surface area (Å²) in [5, 5.41) is 8.99. The van der Waals surface area contributed by atoms with Gasteiger partial charge in [0.2, 0.25) is 5.28 Å². The highest BCUT2D eigenvalue weighted by Gasteiger charge is 2.17. The molecule has 7 heteroatoms. The maximum atomic E-state index is 11.0. The van der Waals surface area contributed by atoms with Gasteiger partial charge in [-0.1, -0.05) is 0 Å². The molecule has 0 amide bonds. The molecule has 0 saturated carbocycles. The number of nitrogen functional groups attached to an aromatic ring is 1. The molecule has 0 aliphatic heterocycles. The van der Waals surface area contributed by atoms with Crippen molar-refractivity contribution in [1.29, 1.82) is 0 Å². The van der Waals surface area contributed by atoms with Crippen LogP contribution in [0.25, 0.3) is 0 Å². The Hall–Kier alpha value is -1.56. The first-order chi connectivity index (χ1) is 6.06. The number of hydrogen-bond acceptors (Lipinski definition) is 6. The van der Waals surface area contributed by atoms with Gasteiger partial charge in [0, 0.05) is 0 Å². The molecule has 0 bridgehead atoms. The van der Waals surface area contributed by atoms with E-state index in [1.165, 1.54) is 0 Å². The number of anilines is 1. The van der Waals surface area contributed by atoms with Crippen LogP contribution in [0.3, 0.4) is 0 Å². The maximum Gasteiger partial charge on any atom is 0.360 e. The van der Waals surface area contributed by atoms with E-state index in [4.69, 9.17) is 17.3 Å². The number of carbonyl (C=O) groups is 1. The summed E-state index contributed by atoms with van der Waals surface area (Å²) in [6.07, 6.45) is 0. The van der Waals surface area contributed by atoms with Gasteiger partial charge in [0.15, 0.2) is 17.3 Å².